The molecule has 2 nitrogen and oxygen atoms in total. The average molecular weight is 312 g/mol. The first-order valence-electron chi connectivity index (χ1n) is 5.23. The van der Waals surface area contributed by atoms with Crippen LogP contribution in [-0.2, 0) is 6.54 Å². The van der Waals surface area contributed by atoms with E-state index in [9.17, 15) is 0 Å². The number of rotatable bonds is 3. The average Bonchev–Trinajstić information content (AvgIpc) is 2.32. The minimum atomic E-state index is 0.761. The number of hydrogen-bond acceptors (Lipinski definition) is 2. The van der Waals surface area contributed by atoms with Gasteiger partial charge in [-0.25, -0.2) is 4.98 Å². The summed E-state index contributed by atoms with van der Waals surface area (Å²) in [5.41, 5.74) is 1.21. The number of anilines is 1. The number of pyridine rings is 1. The third-order valence-corrected chi connectivity index (χ3v) is 3.12. The highest BCUT2D eigenvalue weighted by atomic mass is 79.9. The molecule has 1 heterocycles. The van der Waals surface area contributed by atoms with Gasteiger partial charge in [0.1, 0.15) is 10.4 Å². The van der Waals surface area contributed by atoms with E-state index in [0.29, 0.717) is 0 Å². The van der Waals surface area contributed by atoms with E-state index in [1.54, 1.807) is 0 Å². The van der Waals surface area contributed by atoms with Gasteiger partial charge in [-0.1, -0.05) is 29.8 Å². The summed E-state index contributed by atoms with van der Waals surface area (Å²) in [5.74, 6) is 0.939. The van der Waals surface area contributed by atoms with Gasteiger partial charge in [0.15, 0.2) is 0 Å². The molecule has 0 aliphatic heterocycles. The zero-order chi connectivity index (χ0) is 12.3. The molecule has 1 aromatic heterocycles. The second-order valence-corrected chi connectivity index (χ2v) is 5.05. The third kappa shape index (κ3) is 3.45. The van der Waals surface area contributed by atoms with E-state index >= 15 is 0 Å². The molecule has 0 radical (unpaired) electrons. The van der Waals surface area contributed by atoms with Crippen molar-refractivity contribution in [2.24, 2.45) is 0 Å². The summed E-state index contributed by atoms with van der Waals surface area (Å²) in [6.07, 6.45) is 0. The summed E-state index contributed by atoms with van der Waals surface area (Å²) in [6.45, 7) is 0.806. The van der Waals surface area contributed by atoms with Crippen LogP contribution in [0.15, 0.2) is 47.1 Å². The molecule has 4 heteroatoms. The molecule has 0 saturated carbocycles. The molecule has 0 aliphatic rings. The highest BCUT2D eigenvalue weighted by Crippen LogP contribution is 2.17. The summed E-state index contributed by atoms with van der Waals surface area (Å²) in [4.78, 5) is 6.49. The summed E-state index contributed by atoms with van der Waals surface area (Å²) in [5, 5.41) is 0.761. The second-order valence-electron chi connectivity index (χ2n) is 3.80. The summed E-state index contributed by atoms with van der Waals surface area (Å²) >= 11 is 9.22. The minimum Gasteiger partial charge on any atom is -0.355 e. The van der Waals surface area contributed by atoms with Crippen molar-refractivity contribution < 1.29 is 0 Å². The van der Waals surface area contributed by atoms with Gasteiger partial charge >= 0.3 is 0 Å². The zero-order valence-electron chi connectivity index (χ0n) is 9.40. The molecule has 0 amide bonds. The van der Waals surface area contributed by atoms with E-state index in [4.69, 9.17) is 11.6 Å². The molecule has 0 bridgehead atoms. The van der Waals surface area contributed by atoms with Crippen molar-refractivity contribution in [1.29, 1.82) is 0 Å². The largest absolute Gasteiger partial charge is 0.355 e. The maximum atomic E-state index is 5.85. The van der Waals surface area contributed by atoms with Gasteiger partial charge in [-0.15, -0.1) is 0 Å². The molecular weight excluding hydrogens is 300 g/mol. The fourth-order valence-electron chi connectivity index (χ4n) is 1.55. The van der Waals surface area contributed by atoms with Crippen LogP contribution in [0.5, 0.6) is 0 Å². The van der Waals surface area contributed by atoms with E-state index in [2.05, 4.69) is 25.8 Å². The molecule has 0 saturated heterocycles. The van der Waals surface area contributed by atoms with Crippen LogP contribution in [0.4, 0.5) is 5.82 Å². The maximum absolute atomic E-state index is 5.85. The predicted molar refractivity (Wildman–Crippen MR) is 75.5 cm³/mol. The molecule has 0 atom stereocenters. The molecule has 2 aromatic rings. The Hall–Kier alpha value is -1.06. The molecule has 2 rings (SSSR count). The molecule has 0 fully saturated rings. The Morgan fingerprint density at radius 1 is 1.18 bits per heavy atom. The quantitative estimate of drug-likeness (QED) is 0.792. The Bertz CT molecular complexity index is 499. The number of nitrogens with zero attached hydrogens (tertiary/aromatic N) is 2. The van der Waals surface area contributed by atoms with Gasteiger partial charge in [0.25, 0.3) is 0 Å². The first-order chi connectivity index (χ1) is 8.15. The maximum Gasteiger partial charge on any atom is 0.129 e. The SMILES string of the molecule is CN(Cc1ccc(Cl)cc1)c1cccc(Br)n1. The fourth-order valence-corrected chi connectivity index (χ4v) is 2.02. The Morgan fingerprint density at radius 3 is 2.53 bits per heavy atom. The Balaban J connectivity index is 2.11. The molecule has 0 aliphatic carbocycles. The number of halogens is 2. The van der Waals surface area contributed by atoms with Crippen molar-refractivity contribution in [3.63, 3.8) is 0 Å². The van der Waals surface area contributed by atoms with E-state index in [-0.39, 0.29) is 0 Å². The van der Waals surface area contributed by atoms with Gasteiger partial charge in [0.2, 0.25) is 0 Å². The smallest absolute Gasteiger partial charge is 0.129 e. The van der Waals surface area contributed by atoms with Crippen molar-refractivity contribution >= 4 is 33.3 Å². The first-order valence-corrected chi connectivity index (χ1v) is 6.40. The minimum absolute atomic E-state index is 0.761. The standard InChI is InChI=1S/C13H12BrClN2/c1-17(13-4-2-3-12(14)16-13)9-10-5-7-11(15)8-6-10/h2-8H,9H2,1H3. The topological polar surface area (TPSA) is 16.1 Å². The highest BCUT2D eigenvalue weighted by molar-refractivity contribution is 9.10. The van der Waals surface area contributed by atoms with Crippen LogP contribution in [0.2, 0.25) is 5.02 Å². The van der Waals surface area contributed by atoms with Crippen molar-refractivity contribution in [1.82, 2.24) is 4.98 Å². The summed E-state index contributed by atoms with van der Waals surface area (Å²) < 4.78 is 0.845. The molecule has 0 spiro atoms. The number of hydrogen-bond donors (Lipinski definition) is 0. The van der Waals surface area contributed by atoms with Crippen LogP contribution in [0, 0.1) is 0 Å². The van der Waals surface area contributed by atoms with E-state index < -0.39 is 0 Å². The Labute approximate surface area is 114 Å². The third-order valence-electron chi connectivity index (χ3n) is 2.42. The molecular formula is C13H12BrClN2. The highest BCUT2D eigenvalue weighted by Gasteiger charge is 2.03. The lowest BCUT2D eigenvalue weighted by molar-refractivity contribution is 0.895. The van der Waals surface area contributed by atoms with Crippen LogP contribution >= 0.6 is 27.5 Å². The lowest BCUT2D eigenvalue weighted by Crippen LogP contribution is -2.17. The van der Waals surface area contributed by atoms with Gasteiger partial charge in [-0.3, -0.25) is 0 Å². The predicted octanol–water partition coefficient (Wildman–Crippen LogP) is 4.13. The van der Waals surface area contributed by atoms with Crippen LogP contribution in [0.25, 0.3) is 0 Å². The molecule has 0 unspecified atom stereocenters. The van der Waals surface area contributed by atoms with Crippen LogP contribution in [0.3, 0.4) is 0 Å². The first kappa shape index (κ1) is 12.4. The zero-order valence-corrected chi connectivity index (χ0v) is 11.7. The molecule has 88 valence electrons. The van der Waals surface area contributed by atoms with Crippen LogP contribution in [0.1, 0.15) is 5.56 Å². The van der Waals surface area contributed by atoms with Crippen molar-refractivity contribution in [2.45, 2.75) is 6.54 Å². The summed E-state index contributed by atoms with van der Waals surface area (Å²) in [6, 6.07) is 13.7. The lowest BCUT2D eigenvalue weighted by Gasteiger charge is -2.18. The number of aromatic nitrogens is 1. The molecule has 1 aromatic carbocycles. The van der Waals surface area contributed by atoms with Gasteiger partial charge in [-0.2, -0.15) is 0 Å². The van der Waals surface area contributed by atoms with Gasteiger partial charge in [0, 0.05) is 18.6 Å². The number of benzene rings is 1. The van der Waals surface area contributed by atoms with E-state index in [1.165, 1.54) is 5.56 Å². The summed E-state index contributed by atoms with van der Waals surface area (Å²) in [7, 11) is 2.02. The molecule has 0 N–H and O–H groups in total. The fraction of sp³-hybridized carbons (Fsp3) is 0.154. The Morgan fingerprint density at radius 2 is 1.88 bits per heavy atom. The molecule has 17 heavy (non-hydrogen) atoms. The van der Waals surface area contributed by atoms with Gasteiger partial charge < -0.3 is 4.90 Å². The lowest BCUT2D eigenvalue weighted by atomic mass is 10.2. The van der Waals surface area contributed by atoms with E-state index in [1.807, 2.05) is 49.5 Å². The van der Waals surface area contributed by atoms with Crippen LogP contribution in [-0.4, -0.2) is 12.0 Å². The van der Waals surface area contributed by atoms with Crippen molar-refractivity contribution in [3.05, 3.63) is 57.7 Å². The Kier molecular flexibility index (Phi) is 4.02. The van der Waals surface area contributed by atoms with Gasteiger partial charge in [-0.05, 0) is 45.8 Å². The van der Waals surface area contributed by atoms with Crippen molar-refractivity contribution in [2.75, 3.05) is 11.9 Å². The van der Waals surface area contributed by atoms with Gasteiger partial charge in [0.05, 0.1) is 0 Å². The normalized spacial score (nSPS) is 10.3. The van der Waals surface area contributed by atoms with E-state index in [0.717, 1.165) is 22.0 Å². The monoisotopic (exact) mass is 310 g/mol. The second kappa shape index (κ2) is 5.52. The van der Waals surface area contributed by atoms with Crippen LogP contribution < -0.4 is 4.90 Å². The van der Waals surface area contributed by atoms with Crippen molar-refractivity contribution in [3.8, 4) is 0 Å².